The van der Waals surface area contributed by atoms with E-state index in [1.54, 1.807) is 6.20 Å². The molecule has 1 fully saturated rings. The molecule has 196 valence electrons. The van der Waals surface area contributed by atoms with Gasteiger partial charge >= 0.3 is 5.97 Å². The normalized spacial score (nSPS) is 17.8. The minimum atomic E-state index is -1.08. The first-order chi connectivity index (χ1) is 17.3. The third kappa shape index (κ3) is 7.31. The summed E-state index contributed by atoms with van der Waals surface area (Å²) in [5, 5.41) is 15.0. The van der Waals surface area contributed by atoms with Crippen LogP contribution in [0.2, 0.25) is 0 Å². The van der Waals surface area contributed by atoms with E-state index in [1.165, 1.54) is 35.5 Å². The molecule has 0 bridgehead atoms. The maximum absolute atomic E-state index is 13.4. The zero-order chi connectivity index (χ0) is 26.1. The Morgan fingerprint density at radius 2 is 1.75 bits per heavy atom. The molecule has 2 aromatic rings. The van der Waals surface area contributed by atoms with Crippen molar-refractivity contribution in [3.05, 3.63) is 36.4 Å². The van der Waals surface area contributed by atoms with Crippen molar-refractivity contribution in [3.63, 3.8) is 0 Å². The van der Waals surface area contributed by atoms with Crippen LogP contribution in [-0.4, -0.2) is 96.4 Å². The minimum Gasteiger partial charge on any atom is -0.480 e. The molecule has 13 nitrogen and oxygen atoms in total. The predicted molar refractivity (Wildman–Crippen MR) is 132 cm³/mol. The van der Waals surface area contributed by atoms with Gasteiger partial charge in [-0.3, -0.25) is 14.4 Å². The lowest BCUT2D eigenvalue weighted by molar-refractivity contribution is -0.149. The van der Waals surface area contributed by atoms with Crippen molar-refractivity contribution >= 4 is 35.5 Å². The topological polar surface area (TPSA) is 199 Å². The van der Waals surface area contributed by atoms with Gasteiger partial charge in [-0.15, -0.1) is 0 Å². The van der Waals surface area contributed by atoms with Crippen LogP contribution in [0.3, 0.4) is 0 Å². The van der Waals surface area contributed by atoms with E-state index in [2.05, 4.69) is 30.6 Å². The van der Waals surface area contributed by atoms with Crippen LogP contribution in [0, 0.1) is 0 Å². The van der Waals surface area contributed by atoms with Gasteiger partial charge in [-0.2, -0.15) is 11.8 Å². The summed E-state index contributed by atoms with van der Waals surface area (Å²) in [6.07, 6.45) is 9.47. The molecule has 1 aliphatic heterocycles. The number of carboxylic acid groups (broad SMARTS) is 1. The number of aromatic nitrogens is 4. The first-order valence-electron chi connectivity index (χ1n) is 11.6. The highest BCUT2D eigenvalue weighted by molar-refractivity contribution is 7.98. The molecule has 3 rings (SSSR count). The van der Waals surface area contributed by atoms with Crippen LogP contribution >= 0.6 is 11.8 Å². The number of hydrogen-bond donors (Lipinski definition) is 6. The van der Waals surface area contributed by atoms with Crippen molar-refractivity contribution in [2.45, 2.75) is 56.3 Å². The summed E-state index contributed by atoms with van der Waals surface area (Å²) in [4.78, 5) is 66.0. The number of nitrogens with two attached hydrogens (primary N) is 1. The van der Waals surface area contributed by atoms with Crippen molar-refractivity contribution in [2.24, 2.45) is 5.73 Å². The van der Waals surface area contributed by atoms with Crippen LogP contribution in [0.1, 0.15) is 30.7 Å². The number of aliphatic carboxylic acids is 1. The molecule has 3 heterocycles. The second kappa shape index (κ2) is 13.1. The number of aromatic amines is 2. The number of nitrogens with one attached hydrogen (secondary N) is 4. The standard InChI is InChI=1S/C22H32N8O5S/c1-36-6-4-16(28-19(31)15(23)7-13-9-24-11-26-13)20(32)29-17(8-14-10-25-12-27-14)21(33)30-5-2-3-18(30)22(34)35/h9-12,15-18H,2-8,23H2,1H3,(H,24,26)(H,25,27)(H,28,31)(H,29,32)(H,34,35). The Labute approximate surface area is 212 Å². The molecule has 1 aliphatic rings. The number of carbonyl (C=O) groups excluding carboxylic acids is 3. The van der Waals surface area contributed by atoms with Gasteiger partial charge in [0.25, 0.3) is 0 Å². The monoisotopic (exact) mass is 520 g/mol. The number of rotatable bonds is 13. The van der Waals surface area contributed by atoms with Gasteiger partial charge < -0.3 is 36.3 Å². The number of carboxylic acids is 1. The van der Waals surface area contributed by atoms with Crippen LogP contribution in [0.5, 0.6) is 0 Å². The second-order valence-corrected chi connectivity index (χ2v) is 9.59. The van der Waals surface area contributed by atoms with E-state index in [1.807, 2.05) is 6.26 Å². The molecule has 3 amide bonds. The van der Waals surface area contributed by atoms with E-state index in [0.29, 0.717) is 42.9 Å². The number of amides is 3. The maximum atomic E-state index is 13.4. The molecular weight excluding hydrogens is 488 g/mol. The number of thioether (sulfide) groups is 1. The van der Waals surface area contributed by atoms with Crippen LogP contribution in [0.15, 0.2) is 25.0 Å². The Hall–Kier alpha value is -3.39. The van der Waals surface area contributed by atoms with E-state index in [-0.39, 0.29) is 12.8 Å². The summed E-state index contributed by atoms with van der Waals surface area (Å²) in [5.74, 6) is -2.04. The number of carbonyl (C=O) groups is 4. The third-order valence-corrected chi connectivity index (χ3v) is 6.63. The van der Waals surface area contributed by atoms with Gasteiger partial charge in [-0.1, -0.05) is 0 Å². The Bertz CT molecular complexity index is 1020. The minimum absolute atomic E-state index is 0.0932. The first kappa shape index (κ1) is 27.2. The van der Waals surface area contributed by atoms with Crippen LogP contribution < -0.4 is 16.4 Å². The lowest BCUT2D eigenvalue weighted by Gasteiger charge is -2.28. The van der Waals surface area contributed by atoms with Gasteiger partial charge in [-0.25, -0.2) is 14.8 Å². The lowest BCUT2D eigenvalue weighted by Crippen LogP contribution is -2.58. The molecule has 4 unspecified atom stereocenters. The first-order valence-corrected chi connectivity index (χ1v) is 13.0. The van der Waals surface area contributed by atoms with Gasteiger partial charge in [0.05, 0.1) is 18.7 Å². The SMILES string of the molecule is CSCCC(NC(=O)C(N)Cc1cnc[nH]1)C(=O)NC(Cc1cnc[nH]1)C(=O)N1CCCC1C(=O)O. The molecule has 1 saturated heterocycles. The molecule has 36 heavy (non-hydrogen) atoms. The lowest BCUT2D eigenvalue weighted by atomic mass is 10.1. The highest BCUT2D eigenvalue weighted by atomic mass is 32.2. The Morgan fingerprint density at radius 3 is 2.33 bits per heavy atom. The third-order valence-electron chi connectivity index (χ3n) is 5.99. The smallest absolute Gasteiger partial charge is 0.326 e. The number of imidazole rings is 2. The van der Waals surface area contributed by atoms with E-state index >= 15 is 0 Å². The molecule has 4 atom stereocenters. The molecule has 0 radical (unpaired) electrons. The summed E-state index contributed by atoms with van der Waals surface area (Å²) < 4.78 is 0. The summed E-state index contributed by atoms with van der Waals surface area (Å²) in [6.45, 7) is 0.292. The number of nitrogens with zero attached hydrogens (tertiary/aromatic N) is 3. The van der Waals surface area contributed by atoms with Gasteiger partial charge in [0, 0.05) is 43.2 Å². The summed E-state index contributed by atoms with van der Waals surface area (Å²) in [5.41, 5.74) is 7.32. The molecule has 14 heteroatoms. The van der Waals surface area contributed by atoms with Crippen molar-refractivity contribution < 1.29 is 24.3 Å². The molecule has 2 aromatic heterocycles. The Balaban J connectivity index is 1.72. The fourth-order valence-electron chi connectivity index (χ4n) is 4.09. The molecular formula is C22H32N8O5S. The highest BCUT2D eigenvalue weighted by Gasteiger charge is 2.38. The average molecular weight is 521 g/mol. The molecule has 7 N–H and O–H groups in total. The predicted octanol–water partition coefficient (Wildman–Crippen LogP) is -0.956. The maximum Gasteiger partial charge on any atom is 0.326 e. The van der Waals surface area contributed by atoms with Gasteiger partial charge in [-0.05, 0) is 31.3 Å². The quantitative estimate of drug-likeness (QED) is 0.192. The average Bonchev–Trinajstić information content (AvgIpc) is 3.63. The number of hydrogen-bond acceptors (Lipinski definition) is 8. The van der Waals surface area contributed by atoms with E-state index < -0.39 is 47.9 Å². The number of H-pyrrole nitrogens is 2. The van der Waals surface area contributed by atoms with Crippen LogP contribution in [0.25, 0.3) is 0 Å². The zero-order valence-corrected chi connectivity index (χ0v) is 20.8. The fourth-order valence-corrected chi connectivity index (χ4v) is 4.56. The van der Waals surface area contributed by atoms with Crippen LogP contribution in [0.4, 0.5) is 0 Å². The Kier molecular flexibility index (Phi) is 9.87. The summed E-state index contributed by atoms with van der Waals surface area (Å²) in [7, 11) is 0. The summed E-state index contributed by atoms with van der Waals surface area (Å²) >= 11 is 1.51. The highest BCUT2D eigenvalue weighted by Crippen LogP contribution is 2.19. The fraction of sp³-hybridized carbons (Fsp3) is 0.545. The van der Waals surface area contributed by atoms with E-state index in [4.69, 9.17) is 5.73 Å². The number of likely N-dealkylation sites (tertiary alicyclic amines) is 1. The van der Waals surface area contributed by atoms with Gasteiger partial charge in [0.15, 0.2) is 0 Å². The zero-order valence-electron chi connectivity index (χ0n) is 20.0. The largest absolute Gasteiger partial charge is 0.480 e. The molecule has 0 saturated carbocycles. The van der Waals surface area contributed by atoms with Gasteiger partial charge in [0.2, 0.25) is 17.7 Å². The van der Waals surface area contributed by atoms with E-state index in [9.17, 15) is 24.3 Å². The van der Waals surface area contributed by atoms with Crippen molar-refractivity contribution in [1.29, 1.82) is 0 Å². The molecule has 0 spiro atoms. The van der Waals surface area contributed by atoms with E-state index in [0.717, 1.165) is 0 Å². The summed E-state index contributed by atoms with van der Waals surface area (Å²) in [6, 6.07) is -3.81. The molecule has 0 aromatic carbocycles. The van der Waals surface area contributed by atoms with Gasteiger partial charge in [0.1, 0.15) is 18.1 Å². The second-order valence-electron chi connectivity index (χ2n) is 8.60. The Morgan fingerprint density at radius 1 is 1.11 bits per heavy atom. The van der Waals surface area contributed by atoms with Crippen molar-refractivity contribution in [1.82, 2.24) is 35.5 Å². The van der Waals surface area contributed by atoms with Crippen LogP contribution in [-0.2, 0) is 32.0 Å². The van der Waals surface area contributed by atoms with Crippen molar-refractivity contribution in [3.8, 4) is 0 Å². The van der Waals surface area contributed by atoms with Crippen molar-refractivity contribution in [2.75, 3.05) is 18.6 Å². The molecule has 0 aliphatic carbocycles.